The number of rotatable bonds is 12. The molecule has 2 aromatic carbocycles. The highest BCUT2D eigenvalue weighted by molar-refractivity contribution is 7.90. The summed E-state index contributed by atoms with van der Waals surface area (Å²) >= 11 is 0.745. The Morgan fingerprint density at radius 1 is 0.707 bits per heavy atom. The van der Waals surface area contributed by atoms with E-state index in [0.29, 0.717) is 67.3 Å². The fraction of sp³-hybridized carbons (Fsp3) is 0.708. The number of ether oxygens (including phenoxy) is 2. The lowest BCUT2D eigenvalue weighted by molar-refractivity contribution is -0.199. The van der Waals surface area contributed by atoms with Crippen LogP contribution in [0.25, 0.3) is 0 Å². The second-order valence-electron chi connectivity index (χ2n) is 18.8. The van der Waals surface area contributed by atoms with Gasteiger partial charge in [-0.2, -0.15) is 5.90 Å². The number of hydrogen-bond donors (Lipinski definition) is 2. The fourth-order valence-corrected chi connectivity index (χ4v) is 14.0. The Morgan fingerprint density at radius 2 is 1.21 bits per heavy atom. The molecule has 6 aliphatic carbocycles. The maximum absolute atomic E-state index is 12.2. The van der Waals surface area contributed by atoms with E-state index in [4.69, 9.17) is 19.6 Å². The highest BCUT2D eigenvalue weighted by Gasteiger charge is 2.56. The molecule has 6 aliphatic rings. The third-order valence-electron chi connectivity index (χ3n) is 16.6. The molecule has 0 amide bonds. The molecular formula is C48H69NO8S. The van der Waals surface area contributed by atoms with Crippen LogP contribution in [0.15, 0.2) is 24.3 Å². The third kappa shape index (κ3) is 8.30. The zero-order chi connectivity index (χ0) is 41.2. The normalized spacial score (nSPS) is 32.9. The largest absolute Gasteiger partial charge is 0.508 e. The summed E-state index contributed by atoms with van der Waals surface area (Å²) in [7, 11) is 0. The summed E-state index contributed by atoms with van der Waals surface area (Å²) in [6.45, 7) is 13.9. The number of phenolic OH excluding ortho intramolecular Hbond substituents is 1. The van der Waals surface area contributed by atoms with Crippen LogP contribution in [0.1, 0.15) is 164 Å². The monoisotopic (exact) mass is 819 g/mol. The van der Waals surface area contributed by atoms with Gasteiger partial charge in [0, 0.05) is 12.8 Å². The Morgan fingerprint density at radius 3 is 1.69 bits per heavy atom. The summed E-state index contributed by atoms with van der Waals surface area (Å²) in [4.78, 5) is 28.4. The zero-order valence-corrected chi connectivity index (χ0v) is 36.8. The number of nitrogens with two attached hydrogens (primary N) is 1. The van der Waals surface area contributed by atoms with Crippen molar-refractivity contribution in [3.8, 4) is 11.5 Å². The van der Waals surface area contributed by atoms with Crippen LogP contribution < -0.4 is 10.1 Å². The lowest BCUT2D eigenvalue weighted by atomic mass is 9.54. The Bertz CT molecular complexity index is 1780. The van der Waals surface area contributed by atoms with E-state index in [-0.39, 0.29) is 22.8 Å². The van der Waals surface area contributed by atoms with Gasteiger partial charge in [0.25, 0.3) is 12.3 Å². The minimum absolute atomic E-state index is 0.0106. The predicted octanol–water partition coefficient (Wildman–Crippen LogP) is 10.8. The molecule has 9 nitrogen and oxygen atoms in total. The average molecular weight is 820 g/mol. The highest BCUT2D eigenvalue weighted by atomic mass is 32.2. The SMILES string of the molecule is CCOC(=O)C[C@H]1CCC2C3CCc4cc(O)c(CC)cc4C3CC[C@@]21C.CCOC(=O)C[C@H]1CCC2C3CCc4cc(OSOON)c(CC)cc4C3CC[C@@]21C. The zero-order valence-electron chi connectivity index (χ0n) is 35.9. The maximum Gasteiger partial charge on any atom is 0.306 e. The Kier molecular flexibility index (Phi) is 13.8. The van der Waals surface area contributed by atoms with Crippen molar-refractivity contribution < 1.29 is 37.7 Å². The van der Waals surface area contributed by atoms with Crippen LogP contribution in [0.5, 0.6) is 11.5 Å². The number of phenols is 1. The van der Waals surface area contributed by atoms with Gasteiger partial charge in [-0.1, -0.05) is 39.8 Å². The van der Waals surface area contributed by atoms with Gasteiger partial charge in [-0.25, -0.2) is 0 Å². The molecule has 0 bridgehead atoms. The molecule has 0 radical (unpaired) electrons. The van der Waals surface area contributed by atoms with E-state index in [0.717, 1.165) is 67.6 Å². The number of aryl methyl sites for hydroxylation is 4. The van der Waals surface area contributed by atoms with Crippen LogP contribution in [0.3, 0.4) is 0 Å². The molecule has 6 unspecified atom stereocenters. The van der Waals surface area contributed by atoms with Crippen molar-refractivity contribution in [3.05, 3.63) is 57.6 Å². The lowest BCUT2D eigenvalue weighted by Gasteiger charge is -2.51. The number of aromatic hydroxyl groups is 1. The first-order valence-electron chi connectivity index (χ1n) is 22.7. The molecule has 4 fully saturated rings. The maximum atomic E-state index is 12.2. The fourth-order valence-electron chi connectivity index (χ4n) is 13.7. The molecule has 10 atom stereocenters. The minimum Gasteiger partial charge on any atom is -0.508 e. The van der Waals surface area contributed by atoms with Gasteiger partial charge < -0.3 is 18.8 Å². The first kappa shape index (κ1) is 43.3. The number of carbonyl (C=O) groups is 2. The van der Waals surface area contributed by atoms with Crippen molar-refractivity contribution in [1.82, 2.24) is 0 Å². The van der Waals surface area contributed by atoms with Gasteiger partial charge in [0.1, 0.15) is 11.5 Å². The smallest absolute Gasteiger partial charge is 0.306 e. The molecule has 58 heavy (non-hydrogen) atoms. The molecule has 4 saturated carbocycles. The van der Waals surface area contributed by atoms with Crippen molar-refractivity contribution in [3.63, 3.8) is 0 Å². The second kappa shape index (κ2) is 18.4. The average Bonchev–Trinajstić information content (AvgIpc) is 3.72. The van der Waals surface area contributed by atoms with E-state index in [1.807, 2.05) is 19.9 Å². The molecule has 0 aromatic heterocycles. The second-order valence-corrected chi connectivity index (χ2v) is 19.3. The molecule has 0 aliphatic heterocycles. The molecule has 0 heterocycles. The van der Waals surface area contributed by atoms with Crippen molar-refractivity contribution >= 4 is 24.3 Å². The topological polar surface area (TPSA) is 127 Å². The van der Waals surface area contributed by atoms with Crippen LogP contribution in [0.4, 0.5) is 0 Å². The van der Waals surface area contributed by atoms with Crippen LogP contribution in [0, 0.1) is 46.3 Å². The van der Waals surface area contributed by atoms with Gasteiger partial charge >= 0.3 is 11.9 Å². The number of benzene rings is 2. The highest BCUT2D eigenvalue weighted by Crippen LogP contribution is 2.65. The standard InChI is InChI=1S/C24H35NO5S.C24H34O3/c1-4-15-12-20-16(13-22(15)28-31-30-29-25)6-8-19-18(20)10-11-24(3)17(7-9-21(19)24)14-23(26)27-5-2;1-4-15-12-20-16(13-22(15)25)6-8-19-18(20)10-11-24(3)17(7-9-21(19)24)14-23(26)27-5-2/h12-13,17-19,21H,4-11,14,25H2,1-3H3;12-13,17-19,21,25H,4-11,14H2,1-3H3/t2*17-,18?,19?,21?,24-/m11/s1. The predicted molar refractivity (Wildman–Crippen MR) is 227 cm³/mol. The summed E-state index contributed by atoms with van der Waals surface area (Å²) in [5, 5.41) is 10.3. The van der Waals surface area contributed by atoms with Gasteiger partial charge in [0.05, 0.1) is 13.2 Å². The molecule has 0 spiro atoms. The Hall–Kier alpha value is -2.79. The van der Waals surface area contributed by atoms with E-state index in [1.54, 1.807) is 0 Å². The third-order valence-corrected chi connectivity index (χ3v) is 17.0. The van der Waals surface area contributed by atoms with Crippen molar-refractivity contribution in [2.75, 3.05) is 13.2 Å². The quantitative estimate of drug-likeness (QED) is 0.0702. The summed E-state index contributed by atoms with van der Waals surface area (Å²) in [5.74, 6) is 11.2. The van der Waals surface area contributed by atoms with Crippen LogP contribution in [0.2, 0.25) is 0 Å². The summed E-state index contributed by atoms with van der Waals surface area (Å²) < 4.78 is 20.8. The molecule has 2 aromatic rings. The van der Waals surface area contributed by atoms with Gasteiger partial charge in [-0.05, 0) is 207 Å². The molecular weight excluding hydrogens is 751 g/mol. The Labute approximate surface area is 351 Å². The summed E-state index contributed by atoms with van der Waals surface area (Å²) in [5.41, 5.74) is 8.62. The Balaban J connectivity index is 0.000000178. The van der Waals surface area contributed by atoms with Crippen LogP contribution in [-0.2, 0) is 54.1 Å². The molecule has 10 heteroatoms. The van der Waals surface area contributed by atoms with Gasteiger partial charge in [-0.3, -0.25) is 9.59 Å². The van der Waals surface area contributed by atoms with E-state index in [1.165, 1.54) is 85.6 Å². The van der Waals surface area contributed by atoms with Crippen LogP contribution in [-0.4, -0.2) is 30.3 Å². The van der Waals surface area contributed by atoms with E-state index in [9.17, 15) is 14.7 Å². The number of carbonyl (C=O) groups excluding carboxylic acids is 2. The van der Waals surface area contributed by atoms with E-state index in [2.05, 4.69) is 55.2 Å². The summed E-state index contributed by atoms with van der Waals surface area (Å²) in [6, 6.07) is 8.88. The lowest BCUT2D eigenvalue weighted by Crippen LogP contribution is -2.42. The van der Waals surface area contributed by atoms with Crippen LogP contribution >= 0.6 is 12.3 Å². The van der Waals surface area contributed by atoms with E-state index < -0.39 is 0 Å². The number of fused-ring (bicyclic) bond motifs is 10. The number of esters is 2. The van der Waals surface area contributed by atoms with Crippen molar-refractivity contribution in [2.24, 2.45) is 52.2 Å². The van der Waals surface area contributed by atoms with Gasteiger partial charge in [-0.15, -0.1) is 9.32 Å². The molecule has 0 saturated heterocycles. The minimum atomic E-state index is -0.0208. The molecule has 3 N–H and O–H groups in total. The van der Waals surface area contributed by atoms with Crippen molar-refractivity contribution in [2.45, 2.75) is 156 Å². The first-order chi connectivity index (χ1) is 28.0. The van der Waals surface area contributed by atoms with Gasteiger partial charge in [0.15, 0.2) is 0 Å². The molecule has 320 valence electrons. The number of hydrogen-bond acceptors (Lipinski definition) is 10. The molecule has 8 rings (SSSR count). The first-order valence-corrected chi connectivity index (χ1v) is 23.3. The van der Waals surface area contributed by atoms with Crippen molar-refractivity contribution in [1.29, 1.82) is 0 Å². The van der Waals surface area contributed by atoms with Gasteiger partial charge in [0.2, 0.25) is 0 Å². The summed E-state index contributed by atoms with van der Waals surface area (Å²) in [6.07, 6.45) is 17.2. The van der Waals surface area contributed by atoms with E-state index >= 15 is 0 Å².